The molecule has 2 saturated heterocycles. The minimum Gasteiger partial charge on any atom is -0.444 e. The van der Waals surface area contributed by atoms with Crippen LogP contribution >= 0.6 is 15.9 Å². The molecule has 2 aliphatic rings. The molecule has 0 spiro atoms. The van der Waals surface area contributed by atoms with E-state index in [1.807, 2.05) is 31.7 Å². The normalized spacial score (nSPS) is 29.2. The number of nitrogens with zero attached hydrogens (tertiary/aromatic N) is 3. The number of fused-ring (bicyclic) bond motifs is 2. The first-order valence-corrected chi connectivity index (χ1v) is 9.07. The Labute approximate surface area is 151 Å². The van der Waals surface area contributed by atoms with E-state index in [9.17, 15) is 10.1 Å². The predicted octanol–water partition coefficient (Wildman–Crippen LogP) is 4.17. The van der Waals surface area contributed by atoms with Crippen molar-refractivity contribution in [1.82, 2.24) is 9.88 Å². The Kier molecular flexibility index (Phi) is 4.33. The molecule has 6 heteroatoms. The first-order chi connectivity index (χ1) is 11.2. The number of hydrogen-bond donors (Lipinski definition) is 0. The quantitative estimate of drug-likeness (QED) is 0.720. The average Bonchev–Trinajstić information content (AvgIpc) is 2.77. The second-order valence-corrected chi connectivity index (χ2v) is 8.68. The van der Waals surface area contributed by atoms with Crippen LogP contribution in [-0.4, -0.2) is 33.7 Å². The summed E-state index contributed by atoms with van der Waals surface area (Å²) in [4.78, 5) is 18.7. The van der Waals surface area contributed by atoms with E-state index < -0.39 is 11.0 Å². The van der Waals surface area contributed by atoms with Crippen molar-refractivity contribution >= 4 is 22.0 Å². The molecule has 128 valence electrons. The minimum atomic E-state index is -0.582. The zero-order valence-corrected chi connectivity index (χ0v) is 15.8. The van der Waals surface area contributed by atoms with E-state index in [0.29, 0.717) is 12.8 Å². The van der Waals surface area contributed by atoms with Crippen molar-refractivity contribution in [3.05, 3.63) is 28.5 Å². The number of pyridine rings is 1. The van der Waals surface area contributed by atoms with Crippen LogP contribution in [0, 0.1) is 11.3 Å². The molecule has 0 radical (unpaired) electrons. The number of piperidine rings is 1. The van der Waals surface area contributed by atoms with Crippen molar-refractivity contribution in [2.24, 2.45) is 0 Å². The number of ether oxygens (including phenoxy) is 1. The van der Waals surface area contributed by atoms with Crippen molar-refractivity contribution < 1.29 is 9.53 Å². The van der Waals surface area contributed by atoms with E-state index in [4.69, 9.17) is 4.74 Å². The second-order valence-electron chi connectivity index (χ2n) is 7.77. The lowest BCUT2D eigenvalue weighted by molar-refractivity contribution is 0.00232. The molecule has 1 aromatic rings. The molecule has 1 aromatic heterocycles. The summed E-state index contributed by atoms with van der Waals surface area (Å²) in [5.41, 5.74) is -0.157. The average molecular weight is 392 g/mol. The first kappa shape index (κ1) is 17.2. The fourth-order valence-electron chi connectivity index (χ4n) is 3.93. The van der Waals surface area contributed by atoms with Crippen LogP contribution in [0.15, 0.2) is 22.9 Å². The monoisotopic (exact) mass is 391 g/mol. The maximum atomic E-state index is 12.6. The van der Waals surface area contributed by atoms with Crippen LogP contribution in [-0.2, 0) is 10.2 Å². The van der Waals surface area contributed by atoms with Gasteiger partial charge in [0, 0.05) is 29.0 Å². The second kappa shape index (κ2) is 6.03. The van der Waals surface area contributed by atoms with Gasteiger partial charge in [-0.1, -0.05) is 0 Å². The van der Waals surface area contributed by atoms with Crippen molar-refractivity contribution in [1.29, 1.82) is 5.26 Å². The molecule has 3 heterocycles. The van der Waals surface area contributed by atoms with Crippen LogP contribution in [0.25, 0.3) is 0 Å². The minimum absolute atomic E-state index is 0.0530. The lowest BCUT2D eigenvalue weighted by Gasteiger charge is -2.43. The van der Waals surface area contributed by atoms with Gasteiger partial charge < -0.3 is 9.64 Å². The highest BCUT2D eigenvalue weighted by molar-refractivity contribution is 9.10. The standard InChI is InChI=1S/C18H22BrN3O2/c1-17(2,3)24-16(23)22-14-4-5-15(22)8-18(7-14,11-20)12-6-13(19)10-21-9-12/h6,9-10,14-15H,4-5,7-8H2,1-3H3/t14-,15+,18?. The Hall–Kier alpha value is -1.61. The highest BCUT2D eigenvalue weighted by Crippen LogP contribution is 2.47. The van der Waals surface area contributed by atoms with Crippen LogP contribution in [0.5, 0.6) is 0 Å². The fraction of sp³-hybridized carbons (Fsp3) is 0.611. The van der Waals surface area contributed by atoms with Gasteiger partial charge in [0.25, 0.3) is 0 Å². The molecule has 2 bridgehead atoms. The van der Waals surface area contributed by atoms with E-state index in [2.05, 4.69) is 27.0 Å². The lowest BCUT2D eigenvalue weighted by Crippen LogP contribution is -2.52. The number of hydrogen-bond acceptors (Lipinski definition) is 4. The number of carbonyl (C=O) groups is 1. The van der Waals surface area contributed by atoms with Gasteiger partial charge in [0.2, 0.25) is 0 Å². The zero-order chi connectivity index (χ0) is 17.5. The van der Waals surface area contributed by atoms with Gasteiger partial charge in [-0.05, 0) is 74.0 Å². The third kappa shape index (κ3) is 3.14. The summed E-state index contributed by atoms with van der Waals surface area (Å²) in [6.07, 6.45) is 6.36. The van der Waals surface area contributed by atoms with Crippen molar-refractivity contribution in [3.8, 4) is 6.07 Å². The Balaban J connectivity index is 1.86. The van der Waals surface area contributed by atoms with E-state index in [-0.39, 0.29) is 18.2 Å². The van der Waals surface area contributed by atoms with Crippen molar-refractivity contribution in [2.45, 2.75) is 69.6 Å². The zero-order valence-electron chi connectivity index (χ0n) is 14.3. The number of amides is 1. The predicted molar refractivity (Wildman–Crippen MR) is 93.3 cm³/mol. The number of nitriles is 1. The third-order valence-corrected chi connectivity index (χ3v) is 5.30. The van der Waals surface area contributed by atoms with Gasteiger partial charge in [0.15, 0.2) is 0 Å². The van der Waals surface area contributed by atoms with E-state index >= 15 is 0 Å². The van der Waals surface area contributed by atoms with Crippen LogP contribution < -0.4 is 0 Å². The Morgan fingerprint density at radius 2 is 2.00 bits per heavy atom. The highest BCUT2D eigenvalue weighted by atomic mass is 79.9. The van der Waals surface area contributed by atoms with Crippen molar-refractivity contribution in [2.75, 3.05) is 0 Å². The van der Waals surface area contributed by atoms with Gasteiger partial charge in [0.05, 0.1) is 11.5 Å². The largest absolute Gasteiger partial charge is 0.444 e. The lowest BCUT2D eigenvalue weighted by atomic mass is 9.71. The topological polar surface area (TPSA) is 66.2 Å². The van der Waals surface area contributed by atoms with Gasteiger partial charge in [-0.2, -0.15) is 5.26 Å². The van der Waals surface area contributed by atoms with E-state index in [1.165, 1.54) is 0 Å². The van der Waals surface area contributed by atoms with Crippen molar-refractivity contribution in [3.63, 3.8) is 0 Å². The van der Waals surface area contributed by atoms with Crippen LogP contribution in [0.4, 0.5) is 4.79 Å². The van der Waals surface area contributed by atoms with Crippen LogP contribution in [0.3, 0.4) is 0 Å². The molecule has 1 amide bonds. The third-order valence-electron chi connectivity index (χ3n) is 4.86. The molecule has 3 rings (SSSR count). The summed E-state index contributed by atoms with van der Waals surface area (Å²) in [7, 11) is 0. The van der Waals surface area contributed by atoms with E-state index in [1.54, 1.807) is 12.4 Å². The molecule has 0 saturated carbocycles. The molecule has 0 aliphatic carbocycles. The molecule has 24 heavy (non-hydrogen) atoms. The van der Waals surface area contributed by atoms with Gasteiger partial charge in [-0.15, -0.1) is 0 Å². The summed E-state index contributed by atoms with van der Waals surface area (Å²) in [6.45, 7) is 5.64. The molecule has 1 unspecified atom stereocenters. The molecule has 2 fully saturated rings. The molecule has 0 aromatic carbocycles. The number of carbonyl (C=O) groups excluding carboxylic acids is 1. The fourth-order valence-corrected chi connectivity index (χ4v) is 4.29. The molecule has 0 N–H and O–H groups in total. The molecular weight excluding hydrogens is 370 g/mol. The highest BCUT2D eigenvalue weighted by Gasteiger charge is 2.52. The number of aromatic nitrogens is 1. The Morgan fingerprint density at radius 1 is 1.38 bits per heavy atom. The summed E-state index contributed by atoms with van der Waals surface area (Å²) in [6, 6.07) is 4.61. The van der Waals surface area contributed by atoms with E-state index in [0.717, 1.165) is 22.9 Å². The van der Waals surface area contributed by atoms with Crippen LogP contribution in [0.1, 0.15) is 52.0 Å². The SMILES string of the molecule is CC(C)(C)OC(=O)N1[C@@H]2CC[C@H]1CC(C#N)(c1cncc(Br)c1)C2. The van der Waals surface area contributed by atoms with Gasteiger partial charge in [-0.25, -0.2) is 4.79 Å². The molecule has 3 atom stereocenters. The number of halogens is 1. The Bertz CT molecular complexity index is 678. The smallest absolute Gasteiger partial charge is 0.410 e. The van der Waals surface area contributed by atoms with Gasteiger partial charge in [0.1, 0.15) is 5.60 Å². The summed E-state index contributed by atoms with van der Waals surface area (Å²) in [5, 5.41) is 9.93. The molecule has 2 aliphatic heterocycles. The summed E-state index contributed by atoms with van der Waals surface area (Å²) in [5.74, 6) is 0. The maximum absolute atomic E-state index is 12.6. The summed E-state index contributed by atoms with van der Waals surface area (Å²) >= 11 is 3.44. The maximum Gasteiger partial charge on any atom is 0.410 e. The number of rotatable bonds is 1. The Morgan fingerprint density at radius 3 is 2.50 bits per heavy atom. The first-order valence-electron chi connectivity index (χ1n) is 8.28. The van der Waals surface area contributed by atoms with Gasteiger partial charge in [-0.3, -0.25) is 4.98 Å². The van der Waals surface area contributed by atoms with Gasteiger partial charge >= 0.3 is 6.09 Å². The molecular formula is C18H22BrN3O2. The molecule has 5 nitrogen and oxygen atoms in total. The van der Waals surface area contributed by atoms with Crippen LogP contribution in [0.2, 0.25) is 0 Å². The summed E-state index contributed by atoms with van der Waals surface area (Å²) < 4.78 is 6.44.